The summed E-state index contributed by atoms with van der Waals surface area (Å²) in [6, 6.07) is 12.9. The first kappa shape index (κ1) is 34.2. The Bertz CT molecular complexity index is 1730. The van der Waals surface area contributed by atoms with E-state index in [-0.39, 0.29) is 53.3 Å². The Balaban J connectivity index is 1.60. The van der Waals surface area contributed by atoms with E-state index in [2.05, 4.69) is 28.5 Å². The summed E-state index contributed by atoms with van der Waals surface area (Å²) in [5, 5.41) is 0. The highest BCUT2D eigenvalue weighted by Gasteiger charge is 2.37. The Kier molecular flexibility index (Phi) is 9.81. The molecule has 4 bridgehead atoms. The molecule has 1 saturated heterocycles. The van der Waals surface area contributed by atoms with Gasteiger partial charge in [-0.05, 0) is 89.1 Å². The second kappa shape index (κ2) is 13.5. The molecule has 12 heteroatoms. The van der Waals surface area contributed by atoms with Gasteiger partial charge in [0.25, 0.3) is 15.9 Å². The van der Waals surface area contributed by atoms with Crippen LogP contribution in [0, 0.1) is 19.8 Å². The van der Waals surface area contributed by atoms with Gasteiger partial charge in [-0.15, -0.1) is 0 Å². The Morgan fingerprint density at radius 1 is 1.06 bits per heavy atom. The maximum atomic E-state index is 14.4. The second-order valence-corrected chi connectivity index (χ2v) is 15.5. The molecule has 3 heterocycles. The Hall–Kier alpha value is -4.19. The van der Waals surface area contributed by atoms with Gasteiger partial charge in [-0.1, -0.05) is 38.1 Å². The number of fused-ring (bicyclic) bond motifs is 4. The number of carbonyl (C=O) groups is 2. The molecule has 1 aromatic heterocycles. The number of sulfonamides is 1. The van der Waals surface area contributed by atoms with E-state index in [0.29, 0.717) is 25.1 Å². The first-order valence-corrected chi connectivity index (χ1v) is 17.6. The molecule has 1 N–H and O–H groups in total. The molecule has 1 fully saturated rings. The van der Waals surface area contributed by atoms with Crippen LogP contribution in [0.2, 0.25) is 0 Å². The molecule has 5 rings (SSSR count). The Labute approximate surface area is 277 Å². The van der Waals surface area contributed by atoms with Crippen molar-refractivity contribution in [1.29, 1.82) is 0 Å². The predicted molar refractivity (Wildman–Crippen MR) is 180 cm³/mol. The minimum atomic E-state index is -4.18. The van der Waals surface area contributed by atoms with E-state index in [1.54, 1.807) is 28.0 Å². The molecule has 2 aromatic carbocycles. The summed E-state index contributed by atoms with van der Waals surface area (Å²) in [6.45, 7) is 14.4. The lowest BCUT2D eigenvalue weighted by Crippen LogP contribution is -2.51. The smallest absolute Gasteiger partial charge is 0.410 e. The number of hydrogen-bond acceptors (Lipinski definition) is 8. The van der Waals surface area contributed by atoms with Gasteiger partial charge < -0.3 is 19.3 Å². The second-order valence-electron chi connectivity index (χ2n) is 13.8. The highest BCUT2D eigenvalue weighted by molar-refractivity contribution is 7.92. The first-order chi connectivity index (χ1) is 22.1. The monoisotopic (exact) mass is 663 g/mol. The van der Waals surface area contributed by atoms with Crippen LogP contribution in [-0.4, -0.2) is 77.6 Å². The third kappa shape index (κ3) is 8.04. The topological polar surface area (TPSA) is 131 Å². The molecule has 2 aliphatic heterocycles. The van der Waals surface area contributed by atoms with E-state index in [1.807, 2.05) is 52.8 Å². The fourth-order valence-electron chi connectivity index (χ4n) is 6.25. The lowest BCUT2D eigenvalue weighted by atomic mass is 10.00. The molecule has 2 aliphatic rings. The number of aromatic nitrogens is 2. The van der Waals surface area contributed by atoms with Gasteiger partial charge in [-0.3, -0.25) is 4.79 Å². The molecule has 0 radical (unpaired) electrons. The first-order valence-electron chi connectivity index (χ1n) is 16.1. The molecule has 0 saturated carbocycles. The molecule has 47 heavy (non-hydrogen) atoms. The van der Waals surface area contributed by atoms with Gasteiger partial charge in [-0.25, -0.2) is 22.9 Å². The van der Waals surface area contributed by atoms with Gasteiger partial charge >= 0.3 is 6.09 Å². The van der Waals surface area contributed by atoms with Crippen LogP contribution in [0.15, 0.2) is 53.4 Å². The van der Waals surface area contributed by atoms with Gasteiger partial charge in [0.1, 0.15) is 12.2 Å². The number of nitrogens with one attached hydrogen (secondary N) is 1. The number of amides is 2. The maximum Gasteiger partial charge on any atom is 0.410 e. The number of hydrogen-bond donors (Lipinski definition) is 1. The third-order valence-electron chi connectivity index (χ3n) is 8.34. The molecule has 2 atom stereocenters. The average molecular weight is 664 g/mol. The minimum absolute atomic E-state index is 0.0947. The number of carbonyl (C=O) groups excluding carboxylic acids is 2. The van der Waals surface area contributed by atoms with Crippen molar-refractivity contribution in [2.75, 3.05) is 24.4 Å². The molecule has 0 aliphatic carbocycles. The molecular weight excluding hydrogens is 618 g/mol. The quantitative estimate of drug-likeness (QED) is 0.341. The fraction of sp³-hybridized carbons (Fsp3) is 0.486. The predicted octanol–water partition coefficient (Wildman–Crippen LogP) is 6.21. The van der Waals surface area contributed by atoms with Crippen LogP contribution in [0.3, 0.4) is 0 Å². The molecule has 11 nitrogen and oxygen atoms in total. The zero-order valence-electron chi connectivity index (χ0n) is 28.2. The fourth-order valence-corrected chi connectivity index (χ4v) is 7.24. The number of rotatable bonds is 5. The Morgan fingerprint density at radius 3 is 2.45 bits per heavy atom. The van der Waals surface area contributed by atoms with Gasteiger partial charge in [0, 0.05) is 30.3 Å². The summed E-state index contributed by atoms with van der Waals surface area (Å²) in [5.41, 5.74) is 2.85. The molecule has 252 valence electrons. The minimum Gasteiger partial charge on any atom is -0.475 e. The number of ether oxygens (including phenoxy) is 2. The van der Waals surface area contributed by atoms with E-state index in [9.17, 15) is 18.0 Å². The lowest BCUT2D eigenvalue weighted by molar-refractivity contribution is 0.0154. The standard InChI is InChI=1S/C35H45N5O6S/c1-22(2)17-27-21-45-30-19-29(31-23(3)11-8-12-24(31)4)36-33(37-30)38-47(43,44)28-15-9-13-25(18-28)32(41)40(27)20-26-14-10-16-39(26)34(42)46-35(5,6)7/h8-9,11-13,15,18-19,22,26-27H,10,14,16-17,20-21H2,1-7H3,(H,36,37,38)/t26?,27-/m1/s1. The van der Waals surface area contributed by atoms with Crippen LogP contribution >= 0.6 is 0 Å². The molecular formula is C35H45N5O6S. The van der Waals surface area contributed by atoms with Gasteiger partial charge in [0.2, 0.25) is 11.8 Å². The maximum absolute atomic E-state index is 14.4. The van der Waals surface area contributed by atoms with Crippen LogP contribution in [-0.2, 0) is 14.8 Å². The van der Waals surface area contributed by atoms with E-state index >= 15 is 0 Å². The lowest BCUT2D eigenvalue weighted by Gasteiger charge is -2.37. The normalized spacial score (nSPS) is 19.7. The summed E-state index contributed by atoms with van der Waals surface area (Å²) in [6.07, 6.45) is 1.66. The van der Waals surface area contributed by atoms with E-state index in [0.717, 1.165) is 23.1 Å². The zero-order valence-corrected chi connectivity index (χ0v) is 29.1. The number of likely N-dealkylation sites (tertiary alicyclic amines) is 1. The van der Waals surface area contributed by atoms with Crippen molar-refractivity contribution >= 4 is 28.0 Å². The van der Waals surface area contributed by atoms with Crippen molar-refractivity contribution < 1.29 is 27.5 Å². The SMILES string of the molecule is Cc1cccc(C)c1-c1cc2nc(n1)NS(=O)(=O)c1cccc(c1)C(=O)N(CC1CCCN1C(=O)OC(C)(C)C)[C@H](CC(C)C)CO2. The highest BCUT2D eigenvalue weighted by Crippen LogP contribution is 2.31. The van der Waals surface area contributed by atoms with Crippen molar-refractivity contribution in [1.82, 2.24) is 19.8 Å². The number of anilines is 1. The highest BCUT2D eigenvalue weighted by atomic mass is 32.2. The van der Waals surface area contributed by atoms with Gasteiger partial charge in [0.15, 0.2) is 0 Å². The van der Waals surface area contributed by atoms with Crippen LogP contribution < -0.4 is 9.46 Å². The summed E-state index contributed by atoms with van der Waals surface area (Å²) in [7, 11) is -4.18. The molecule has 2 amide bonds. The van der Waals surface area contributed by atoms with Crippen LogP contribution in [0.5, 0.6) is 5.88 Å². The van der Waals surface area contributed by atoms with Crippen molar-refractivity contribution in [3.63, 3.8) is 0 Å². The average Bonchev–Trinajstić information content (AvgIpc) is 3.45. The summed E-state index contributed by atoms with van der Waals surface area (Å²) in [5.74, 6) is -0.105. The summed E-state index contributed by atoms with van der Waals surface area (Å²) >= 11 is 0. The summed E-state index contributed by atoms with van der Waals surface area (Å²) < 4.78 is 41.8. The van der Waals surface area contributed by atoms with Crippen molar-refractivity contribution in [3.8, 4) is 17.1 Å². The van der Waals surface area contributed by atoms with Crippen LogP contribution in [0.1, 0.15) is 75.4 Å². The van der Waals surface area contributed by atoms with Gasteiger partial charge in [0.05, 0.1) is 22.7 Å². The van der Waals surface area contributed by atoms with Gasteiger partial charge in [-0.2, -0.15) is 4.98 Å². The van der Waals surface area contributed by atoms with Crippen LogP contribution in [0.4, 0.5) is 10.7 Å². The molecule has 3 aromatic rings. The third-order valence-corrected chi connectivity index (χ3v) is 9.66. The molecule has 0 spiro atoms. The number of aryl methyl sites for hydroxylation is 2. The van der Waals surface area contributed by atoms with Crippen molar-refractivity contribution in [2.24, 2.45) is 5.92 Å². The summed E-state index contributed by atoms with van der Waals surface area (Å²) in [4.78, 5) is 40.0. The Morgan fingerprint density at radius 2 is 1.77 bits per heavy atom. The van der Waals surface area contributed by atoms with E-state index in [4.69, 9.17) is 9.47 Å². The van der Waals surface area contributed by atoms with Crippen molar-refractivity contribution in [2.45, 2.75) is 90.3 Å². The van der Waals surface area contributed by atoms with E-state index < -0.39 is 27.8 Å². The van der Waals surface area contributed by atoms with Crippen LogP contribution in [0.25, 0.3) is 11.3 Å². The van der Waals surface area contributed by atoms with Crippen molar-refractivity contribution in [3.05, 3.63) is 65.2 Å². The molecule has 1 unspecified atom stereocenters. The zero-order chi connectivity index (χ0) is 34.1. The van der Waals surface area contributed by atoms with E-state index in [1.165, 1.54) is 12.1 Å². The number of benzene rings is 2. The largest absolute Gasteiger partial charge is 0.475 e. The number of nitrogens with zero attached hydrogens (tertiary/aromatic N) is 4.